The van der Waals surface area contributed by atoms with Crippen molar-refractivity contribution in [3.8, 4) is 0 Å². The summed E-state index contributed by atoms with van der Waals surface area (Å²) in [6.45, 7) is 9.67. The minimum atomic E-state index is -0.686. The molecule has 4 heteroatoms. The van der Waals surface area contributed by atoms with Gasteiger partial charge in [0.2, 0.25) is 5.91 Å². The van der Waals surface area contributed by atoms with Gasteiger partial charge in [0.05, 0.1) is 18.6 Å². The molecule has 0 saturated carbocycles. The van der Waals surface area contributed by atoms with Gasteiger partial charge in [-0.15, -0.1) is 13.2 Å². The summed E-state index contributed by atoms with van der Waals surface area (Å²) in [5.41, 5.74) is -0.00529. The van der Waals surface area contributed by atoms with E-state index in [-0.39, 0.29) is 11.9 Å². The Kier molecular flexibility index (Phi) is 7.79. The number of piperidine rings is 1. The van der Waals surface area contributed by atoms with E-state index >= 15 is 0 Å². The molecule has 1 rings (SSSR count). The van der Waals surface area contributed by atoms with Gasteiger partial charge in [0.15, 0.2) is 0 Å². The zero-order chi connectivity index (χ0) is 17.3. The van der Waals surface area contributed by atoms with Crippen molar-refractivity contribution in [3.05, 3.63) is 37.0 Å². The van der Waals surface area contributed by atoms with Crippen molar-refractivity contribution < 1.29 is 14.3 Å². The highest BCUT2D eigenvalue weighted by Crippen LogP contribution is 2.36. The van der Waals surface area contributed by atoms with Gasteiger partial charge in [-0.3, -0.25) is 9.59 Å². The molecule has 0 radical (unpaired) electrons. The van der Waals surface area contributed by atoms with Gasteiger partial charge in [0.1, 0.15) is 0 Å². The highest BCUT2D eigenvalue weighted by molar-refractivity contribution is 5.97. The summed E-state index contributed by atoms with van der Waals surface area (Å²) in [7, 11) is 1.38. The molecule has 23 heavy (non-hydrogen) atoms. The van der Waals surface area contributed by atoms with Crippen LogP contribution in [0.3, 0.4) is 0 Å². The first-order valence-corrected chi connectivity index (χ1v) is 8.35. The van der Waals surface area contributed by atoms with Crippen LogP contribution in [0.15, 0.2) is 37.0 Å². The Labute approximate surface area is 139 Å². The first-order chi connectivity index (χ1) is 11.0. The minimum Gasteiger partial charge on any atom is -0.469 e. The molecular formula is C19H29NO3. The largest absolute Gasteiger partial charge is 0.469 e. The lowest BCUT2D eigenvalue weighted by atomic mass is 9.72. The Morgan fingerprint density at radius 2 is 2.00 bits per heavy atom. The van der Waals surface area contributed by atoms with Gasteiger partial charge in [0, 0.05) is 5.57 Å². The molecule has 1 N–H and O–H groups in total. The first kappa shape index (κ1) is 19.2. The van der Waals surface area contributed by atoms with Gasteiger partial charge in [0.25, 0.3) is 0 Å². The van der Waals surface area contributed by atoms with E-state index in [2.05, 4.69) is 25.4 Å². The number of amides is 1. The normalized spacial score (nSPS) is 21.6. The number of carbonyl (C=O) groups excluding carboxylic acids is 2. The highest BCUT2D eigenvalue weighted by Gasteiger charge is 2.47. The summed E-state index contributed by atoms with van der Waals surface area (Å²) in [5, 5.41) is 3.04. The van der Waals surface area contributed by atoms with E-state index in [1.54, 1.807) is 12.2 Å². The zero-order valence-corrected chi connectivity index (χ0v) is 14.4. The van der Waals surface area contributed by atoms with E-state index in [1.807, 2.05) is 6.08 Å². The van der Waals surface area contributed by atoms with Crippen molar-refractivity contribution in [2.24, 2.45) is 5.92 Å². The van der Waals surface area contributed by atoms with Crippen LogP contribution in [0.25, 0.3) is 0 Å². The van der Waals surface area contributed by atoms with Gasteiger partial charge in [-0.05, 0) is 32.1 Å². The average molecular weight is 319 g/mol. The standard InChI is InChI=1S/C19H29NO3/c1-5-8-9-10-11-15-14-16(18(22)23-4)19(12-6-2,13-7-3)20-17(15)21/h6-7,11,16H,2-3,5,8-10,12-14H2,1,4H3,(H,20,21)/b15-11+. The van der Waals surface area contributed by atoms with E-state index < -0.39 is 11.5 Å². The summed E-state index contributed by atoms with van der Waals surface area (Å²) >= 11 is 0. The van der Waals surface area contributed by atoms with E-state index in [4.69, 9.17) is 4.74 Å². The van der Waals surface area contributed by atoms with Crippen molar-refractivity contribution in [2.45, 2.75) is 57.4 Å². The molecule has 1 aliphatic heterocycles. The molecule has 1 aliphatic rings. The summed E-state index contributed by atoms with van der Waals surface area (Å²) in [6.07, 6.45) is 11.1. The van der Waals surface area contributed by atoms with Crippen LogP contribution in [0.5, 0.6) is 0 Å². The number of unbranched alkanes of at least 4 members (excludes halogenated alkanes) is 3. The fraction of sp³-hybridized carbons (Fsp3) is 0.579. The number of carbonyl (C=O) groups is 2. The Morgan fingerprint density at radius 3 is 2.52 bits per heavy atom. The third-order valence-corrected chi connectivity index (χ3v) is 4.45. The SMILES string of the molecule is C=CCC1(CC=C)NC(=O)/C(=C/CCCCC)CC1C(=O)OC. The van der Waals surface area contributed by atoms with Crippen LogP contribution in [0, 0.1) is 5.92 Å². The zero-order valence-electron chi connectivity index (χ0n) is 14.4. The third-order valence-electron chi connectivity index (χ3n) is 4.45. The molecular weight excluding hydrogens is 290 g/mol. The fourth-order valence-corrected chi connectivity index (χ4v) is 3.18. The van der Waals surface area contributed by atoms with E-state index in [9.17, 15) is 9.59 Å². The molecule has 0 spiro atoms. The number of methoxy groups -OCH3 is 1. The molecule has 0 aliphatic carbocycles. The number of ether oxygens (including phenoxy) is 1. The molecule has 1 fully saturated rings. The van der Waals surface area contributed by atoms with E-state index in [0.29, 0.717) is 24.8 Å². The molecule has 4 nitrogen and oxygen atoms in total. The molecule has 0 aromatic rings. The number of allylic oxidation sites excluding steroid dienone is 1. The monoisotopic (exact) mass is 319 g/mol. The number of hydrogen-bond donors (Lipinski definition) is 1. The summed E-state index contributed by atoms with van der Waals surface area (Å²) in [6, 6.07) is 0. The third kappa shape index (κ3) is 4.81. The molecule has 1 atom stereocenters. The van der Waals surface area contributed by atoms with Crippen molar-refractivity contribution in [3.63, 3.8) is 0 Å². The Hall–Kier alpha value is -1.84. The maximum atomic E-state index is 12.5. The van der Waals surface area contributed by atoms with Crippen LogP contribution in [-0.4, -0.2) is 24.5 Å². The molecule has 0 aromatic carbocycles. The molecule has 1 amide bonds. The molecule has 1 heterocycles. The second kappa shape index (κ2) is 9.33. The number of rotatable bonds is 9. The van der Waals surface area contributed by atoms with Crippen LogP contribution in [0.4, 0.5) is 0 Å². The molecule has 1 unspecified atom stereocenters. The fourth-order valence-electron chi connectivity index (χ4n) is 3.18. The van der Waals surface area contributed by atoms with Crippen molar-refractivity contribution in [1.29, 1.82) is 0 Å². The maximum absolute atomic E-state index is 12.5. The van der Waals surface area contributed by atoms with Crippen LogP contribution in [0.2, 0.25) is 0 Å². The second-order valence-electron chi connectivity index (χ2n) is 6.10. The summed E-state index contributed by atoms with van der Waals surface area (Å²) < 4.78 is 4.98. The molecule has 0 aromatic heterocycles. The number of nitrogens with one attached hydrogen (secondary N) is 1. The maximum Gasteiger partial charge on any atom is 0.311 e. The topological polar surface area (TPSA) is 55.4 Å². The predicted molar refractivity (Wildman–Crippen MR) is 92.8 cm³/mol. The Balaban J connectivity index is 3.03. The Bertz CT molecular complexity index is 469. The van der Waals surface area contributed by atoms with Gasteiger partial charge >= 0.3 is 5.97 Å². The second-order valence-corrected chi connectivity index (χ2v) is 6.10. The van der Waals surface area contributed by atoms with Gasteiger partial charge in [-0.25, -0.2) is 0 Å². The highest BCUT2D eigenvalue weighted by atomic mass is 16.5. The summed E-state index contributed by atoms with van der Waals surface area (Å²) in [5.74, 6) is -0.808. The van der Waals surface area contributed by atoms with Crippen molar-refractivity contribution in [1.82, 2.24) is 5.32 Å². The molecule has 1 saturated heterocycles. The lowest BCUT2D eigenvalue weighted by Crippen LogP contribution is -2.59. The lowest BCUT2D eigenvalue weighted by molar-refractivity contribution is -0.150. The number of esters is 1. The van der Waals surface area contributed by atoms with Crippen LogP contribution in [0.1, 0.15) is 51.9 Å². The van der Waals surface area contributed by atoms with Crippen molar-refractivity contribution >= 4 is 11.9 Å². The van der Waals surface area contributed by atoms with Gasteiger partial charge < -0.3 is 10.1 Å². The minimum absolute atomic E-state index is 0.0923. The van der Waals surface area contributed by atoms with E-state index in [1.165, 1.54) is 7.11 Å². The van der Waals surface area contributed by atoms with Gasteiger partial charge in [-0.1, -0.05) is 38.0 Å². The predicted octanol–water partition coefficient (Wildman–Crippen LogP) is 3.69. The first-order valence-electron chi connectivity index (χ1n) is 8.35. The van der Waals surface area contributed by atoms with E-state index in [0.717, 1.165) is 25.7 Å². The van der Waals surface area contributed by atoms with Gasteiger partial charge in [-0.2, -0.15) is 0 Å². The molecule has 128 valence electrons. The van der Waals surface area contributed by atoms with Crippen molar-refractivity contribution in [2.75, 3.05) is 7.11 Å². The summed E-state index contributed by atoms with van der Waals surface area (Å²) in [4.78, 5) is 24.8. The lowest BCUT2D eigenvalue weighted by Gasteiger charge is -2.43. The average Bonchev–Trinajstić information content (AvgIpc) is 2.53. The Morgan fingerprint density at radius 1 is 1.35 bits per heavy atom. The molecule has 0 bridgehead atoms. The van der Waals surface area contributed by atoms with Crippen LogP contribution < -0.4 is 5.32 Å². The van der Waals surface area contributed by atoms with Crippen LogP contribution in [-0.2, 0) is 14.3 Å². The number of hydrogen-bond acceptors (Lipinski definition) is 3. The van der Waals surface area contributed by atoms with Crippen LogP contribution >= 0.6 is 0 Å². The quantitative estimate of drug-likeness (QED) is 0.305. The smallest absolute Gasteiger partial charge is 0.311 e.